The van der Waals surface area contributed by atoms with Crippen molar-refractivity contribution in [1.82, 2.24) is 9.97 Å². The molecule has 2 aliphatic rings. The van der Waals surface area contributed by atoms with Gasteiger partial charge >= 0.3 is 5.97 Å². The Bertz CT molecular complexity index is 1760. The molecule has 218 valence electrons. The molecule has 0 spiro atoms. The number of hydrogen-bond acceptors (Lipinski definition) is 8. The minimum atomic E-state index is -0.435. The maximum absolute atomic E-state index is 13.1. The molecule has 1 fully saturated rings. The Hall–Kier alpha value is -4.77. The molecule has 2 aromatic carbocycles. The van der Waals surface area contributed by atoms with E-state index in [2.05, 4.69) is 36.5 Å². The quantitative estimate of drug-likeness (QED) is 0.218. The second-order valence-corrected chi connectivity index (χ2v) is 11.2. The first kappa shape index (κ1) is 28.4. The molecule has 2 aliphatic heterocycles. The number of aromatic nitrogens is 2. The van der Waals surface area contributed by atoms with Crippen molar-refractivity contribution >= 4 is 56.6 Å². The fourth-order valence-electron chi connectivity index (χ4n) is 5.29. The summed E-state index contributed by atoms with van der Waals surface area (Å²) in [6.45, 7) is 3.99. The first-order valence-corrected chi connectivity index (χ1v) is 14.6. The highest BCUT2D eigenvalue weighted by atomic mass is 79.9. The normalized spacial score (nSPS) is 15.3. The van der Waals surface area contributed by atoms with Gasteiger partial charge in [0.05, 0.1) is 23.8 Å². The van der Waals surface area contributed by atoms with Crippen molar-refractivity contribution in [1.29, 1.82) is 0 Å². The van der Waals surface area contributed by atoms with Gasteiger partial charge in [-0.1, -0.05) is 22.0 Å². The minimum absolute atomic E-state index is 0.0325. The van der Waals surface area contributed by atoms with Gasteiger partial charge in [0.15, 0.2) is 0 Å². The van der Waals surface area contributed by atoms with E-state index in [0.717, 1.165) is 41.1 Å². The molecular formula is C32H28BrN5O5. The van der Waals surface area contributed by atoms with Gasteiger partial charge in [0.1, 0.15) is 24.3 Å². The van der Waals surface area contributed by atoms with Crippen LogP contribution in [0.25, 0.3) is 11.1 Å². The third-order valence-electron chi connectivity index (χ3n) is 7.37. The van der Waals surface area contributed by atoms with Crippen LogP contribution in [0.5, 0.6) is 5.75 Å². The molecule has 1 atom stereocenters. The van der Waals surface area contributed by atoms with Crippen LogP contribution < -0.4 is 20.3 Å². The number of halogens is 1. The highest BCUT2D eigenvalue weighted by Crippen LogP contribution is 2.44. The lowest BCUT2D eigenvalue weighted by atomic mass is 9.94. The van der Waals surface area contributed by atoms with Crippen molar-refractivity contribution in [3.63, 3.8) is 0 Å². The lowest BCUT2D eigenvalue weighted by molar-refractivity contribution is -0.142. The zero-order valence-electron chi connectivity index (χ0n) is 23.5. The maximum atomic E-state index is 13.1. The van der Waals surface area contributed by atoms with Crippen molar-refractivity contribution in [3.05, 3.63) is 88.3 Å². The molecule has 43 heavy (non-hydrogen) atoms. The van der Waals surface area contributed by atoms with Gasteiger partial charge in [-0.05, 0) is 49.7 Å². The van der Waals surface area contributed by atoms with E-state index >= 15 is 0 Å². The molecule has 0 aliphatic carbocycles. The number of benzene rings is 2. The Morgan fingerprint density at radius 3 is 2.72 bits per heavy atom. The van der Waals surface area contributed by atoms with Crippen molar-refractivity contribution in [3.8, 4) is 16.9 Å². The van der Waals surface area contributed by atoms with E-state index in [1.807, 2.05) is 37.4 Å². The van der Waals surface area contributed by atoms with E-state index in [4.69, 9.17) is 9.47 Å². The van der Waals surface area contributed by atoms with Gasteiger partial charge in [0, 0.05) is 70.1 Å². The van der Waals surface area contributed by atoms with Gasteiger partial charge in [-0.25, -0.2) is 4.98 Å². The molecular weight excluding hydrogens is 614 g/mol. The average molecular weight is 643 g/mol. The van der Waals surface area contributed by atoms with Crippen LogP contribution in [0, 0.1) is 0 Å². The minimum Gasteiger partial charge on any atom is -0.485 e. The van der Waals surface area contributed by atoms with Crippen LogP contribution in [0.2, 0.25) is 0 Å². The van der Waals surface area contributed by atoms with Crippen LogP contribution in [0.1, 0.15) is 54.3 Å². The maximum Gasteiger partial charge on any atom is 0.302 e. The Morgan fingerprint density at radius 1 is 1.09 bits per heavy atom. The van der Waals surface area contributed by atoms with Crippen LogP contribution >= 0.6 is 15.9 Å². The Labute approximate surface area is 256 Å². The third kappa shape index (κ3) is 5.94. The number of esters is 1. The van der Waals surface area contributed by atoms with Crippen LogP contribution in [0.4, 0.5) is 22.9 Å². The molecule has 0 bridgehead atoms. The van der Waals surface area contributed by atoms with E-state index < -0.39 is 5.97 Å². The highest BCUT2D eigenvalue weighted by molar-refractivity contribution is 9.10. The number of nitrogens with one attached hydrogen (secondary N) is 2. The Morgan fingerprint density at radius 2 is 1.93 bits per heavy atom. The average Bonchev–Trinajstić information content (AvgIpc) is 3.42. The standard InChI is InChI=1S/C32H28BrN5O5/c1-18-25-13-30(35-16-26(25)23-9-8-22(12-29(23)43-18)38-10-4-7-31(38)40)36-20-11-21(15-34-14-20)37-32(41)24-5-3-6-28(33)27(24)17-42-19(2)39/h3,5-6,8-9,11-16,18H,4,7,10,17H2,1-2H3,(H,35,36)(H,37,41). The second kappa shape index (κ2) is 11.8. The summed E-state index contributed by atoms with van der Waals surface area (Å²) in [5.74, 6) is 0.662. The zero-order chi connectivity index (χ0) is 30.1. The lowest BCUT2D eigenvalue weighted by Gasteiger charge is -2.28. The van der Waals surface area contributed by atoms with E-state index in [1.54, 1.807) is 41.6 Å². The number of amides is 2. The molecule has 2 amide bonds. The van der Waals surface area contributed by atoms with Gasteiger partial charge in [0.2, 0.25) is 5.91 Å². The Balaban J connectivity index is 1.19. The highest BCUT2D eigenvalue weighted by Gasteiger charge is 2.27. The van der Waals surface area contributed by atoms with Gasteiger partial charge < -0.3 is 25.0 Å². The van der Waals surface area contributed by atoms with Crippen molar-refractivity contribution < 1.29 is 23.9 Å². The monoisotopic (exact) mass is 641 g/mol. The number of carbonyl (C=O) groups excluding carboxylic acids is 3. The summed E-state index contributed by atoms with van der Waals surface area (Å²) >= 11 is 3.43. The fraction of sp³-hybridized carbons (Fsp3) is 0.219. The molecule has 2 aromatic heterocycles. The summed E-state index contributed by atoms with van der Waals surface area (Å²) in [4.78, 5) is 47.4. The first-order valence-electron chi connectivity index (χ1n) is 13.8. The SMILES string of the molecule is CC(=O)OCc1c(Br)cccc1C(=O)Nc1cncc(Nc2cc3c(cn2)-c2ccc(N4CCCC4=O)cc2OC3C)c1. The summed E-state index contributed by atoms with van der Waals surface area (Å²) < 4.78 is 12.1. The van der Waals surface area contributed by atoms with E-state index in [0.29, 0.717) is 39.2 Å². The number of ether oxygens (including phenoxy) is 2. The van der Waals surface area contributed by atoms with Crippen LogP contribution in [-0.2, 0) is 20.9 Å². The van der Waals surface area contributed by atoms with E-state index in [1.165, 1.54) is 6.92 Å². The van der Waals surface area contributed by atoms with Gasteiger partial charge in [-0.15, -0.1) is 0 Å². The van der Waals surface area contributed by atoms with Crippen LogP contribution in [0.15, 0.2) is 71.6 Å². The number of pyridine rings is 2. The summed E-state index contributed by atoms with van der Waals surface area (Å²) in [7, 11) is 0. The van der Waals surface area contributed by atoms with Crippen molar-refractivity contribution in [2.24, 2.45) is 0 Å². The second-order valence-electron chi connectivity index (χ2n) is 10.3. The topological polar surface area (TPSA) is 123 Å². The van der Waals surface area contributed by atoms with Gasteiger partial charge in [-0.2, -0.15) is 0 Å². The number of rotatable bonds is 7. The number of nitrogens with zero attached hydrogens (tertiary/aromatic N) is 3. The first-order chi connectivity index (χ1) is 20.8. The van der Waals surface area contributed by atoms with Gasteiger partial charge in [-0.3, -0.25) is 19.4 Å². The predicted octanol–water partition coefficient (Wildman–Crippen LogP) is 6.55. The smallest absolute Gasteiger partial charge is 0.302 e. The molecule has 0 saturated carbocycles. The summed E-state index contributed by atoms with van der Waals surface area (Å²) in [6.07, 6.45) is 6.20. The number of hydrogen-bond donors (Lipinski definition) is 2. The van der Waals surface area contributed by atoms with Crippen molar-refractivity contribution in [2.45, 2.75) is 39.4 Å². The largest absolute Gasteiger partial charge is 0.485 e. The molecule has 0 radical (unpaired) electrons. The fourth-order valence-corrected chi connectivity index (χ4v) is 5.77. The molecule has 1 saturated heterocycles. The number of carbonyl (C=O) groups is 3. The molecule has 2 N–H and O–H groups in total. The summed E-state index contributed by atoms with van der Waals surface area (Å²) in [5.41, 5.74) is 5.76. The van der Waals surface area contributed by atoms with Crippen LogP contribution in [-0.4, -0.2) is 34.3 Å². The zero-order valence-corrected chi connectivity index (χ0v) is 25.1. The van der Waals surface area contributed by atoms with Crippen LogP contribution in [0.3, 0.4) is 0 Å². The van der Waals surface area contributed by atoms with E-state index in [-0.39, 0.29) is 24.5 Å². The van der Waals surface area contributed by atoms with Crippen molar-refractivity contribution in [2.75, 3.05) is 22.1 Å². The lowest BCUT2D eigenvalue weighted by Crippen LogP contribution is -2.24. The molecule has 4 heterocycles. The summed E-state index contributed by atoms with van der Waals surface area (Å²) in [6, 6.07) is 14.8. The summed E-state index contributed by atoms with van der Waals surface area (Å²) in [5, 5.41) is 6.13. The third-order valence-corrected chi connectivity index (χ3v) is 8.11. The van der Waals surface area contributed by atoms with E-state index in [9.17, 15) is 14.4 Å². The molecule has 1 unspecified atom stereocenters. The molecule has 11 heteroatoms. The number of anilines is 4. The number of fused-ring (bicyclic) bond motifs is 3. The Kier molecular flexibility index (Phi) is 7.81. The molecule has 10 nitrogen and oxygen atoms in total. The molecule has 4 aromatic rings. The molecule has 6 rings (SSSR count). The predicted molar refractivity (Wildman–Crippen MR) is 165 cm³/mol. The van der Waals surface area contributed by atoms with Gasteiger partial charge in [0.25, 0.3) is 5.91 Å².